The summed E-state index contributed by atoms with van der Waals surface area (Å²) in [5.41, 5.74) is 1.36. The Labute approximate surface area is 150 Å². The van der Waals surface area contributed by atoms with Gasteiger partial charge in [0.1, 0.15) is 0 Å². The van der Waals surface area contributed by atoms with Crippen LogP contribution in [0.15, 0.2) is 30.3 Å². The van der Waals surface area contributed by atoms with Crippen molar-refractivity contribution in [2.75, 3.05) is 32.7 Å². The summed E-state index contributed by atoms with van der Waals surface area (Å²) in [5.74, 6) is 0.111. The fourth-order valence-corrected chi connectivity index (χ4v) is 3.78. The zero-order valence-corrected chi connectivity index (χ0v) is 15.0. The van der Waals surface area contributed by atoms with Gasteiger partial charge in [-0.05, 0) is 44.2 Å². The third kappa shape index (κ3) is 5.56. The van der Waals surface area contributed by atoms with Gasteiger partial charge in [0.05, 0.1) is 6.54 Å². The van der Waals surface area contributed by atoms with Crippen molar-refractivity contribution in [3.8, 4) is 0 Å². The van der Waals surface area contributed by atoms with Crippen LogP contribution < -0.4 is 5.32 Å². The molecule has 2 heterocycles. The molecule has 3 rings (SSSR count). The molecule has 0 bridgehead atoms. The minimum absolute atomic E-state index is 0.00911. The topological polar surface area (TPSA) is 52.7 Å². The van der Waals surface area contributed by atoms with E-state index in [1.165, 1.54) is 5.56 Å². The molecule has 1 aromatic carbocycles. The van der Waals surface area contributed by atoms with Crippen molar-refractivity contribution >= 4 is 11.8 Å². The first-order valence-electron chi connectivity index (χ1n) is 9.54. The van der Waals surface area contributed by atoms with E-state index in [1.807, 2.05) is 6.07 Å². The lowest BCUT2D eigenvalue weighted by atomic mass is 10.0. The zero-order valence-electron chi connectivity index (χ0n) is 15.0. The number of hydrogen-bond donors (Lipinski definition) is 1. The number of rotatable bonds is 6. The number of piperidine rings is 2. The van der Waals surface area contributed by atoms with Gasteiger partial charge in [-0.15, -0.1) is 0 Å². The Bertz CT molecular complexity index is 576. The van der Waals surface area contributed by atoms with Crippen LogP contribution in [0.25, 0.3) is 0 Å². The molecule has 0 spiro atoms. The maximum absolute atomic E-state index is 12.3. The number of carbonyl (C=O) groups excluding carboxylic acids is 2. The lowest BCUT2D eigenvalue weighted by Gasteiger charge is -2.34. The first-order valence-corrected chi connectivity index (χ1v) is 9.54. The Hall–Kier alpha value is -1.88. The second-order valence-electron chi connectivity index (χ2n) is 7.22. The number of hydrogen-bond acceptors (Lipinski definition) is 3. The summed E-state index contributed by atoms with van der Waals surface area (Å²) in [5, 5.41) is 3.14. The maximum Gasteiger partial charge on any atom is 0.239 e. The summed E-state index contributed by atoms with van der Waals surface area (Å²) in [6, 6.07) is 10.7. The minimum atomic E-state index is -0.00911. The van der Waals surface area contributed by atoms with Crippen molar-refractivity contribution in [3.05, 3.63) is 35.9 Å². The lowest BCUT2D eigenvalue weighted by Crippen LogP contribution is -2.51. The molecular formula is C20H29N3O2. The highest BCUT2D eigenvalue weighted by molar-refractivity contribution is 5.85. The fraction of sp³-hybridized carbons (Fsp3) is 0.600. The molecule has 2 saturated heterocycles. The average Bonchev–Trinajstić information content (AvgIpc) is 2.63. The molecule has 1 aromatic rings. The number of nitrogens with one attached hydrogen (secondary N) is 1. The van der Waals surface area contributed by atoms with E-state index in [0.29, 0.717) is 6.42 Å². The van der Waals surface area contributed by atoms with Crippen LogP contribution in [0.2, 0.25) is 0 Å². The van der Waals surface area contributed by atoms with Crippen LogP contribution in [0.5, 0.6) is 0 Å². The monoisotopic (exact) mass is 343 g/mol. The van der Waals surface area contributed by atoms with Gasteiger partial charge in [-0.1, -0.05) is 30.3 Å². The van der Waals surface area contributed by atoms with Crippen molar-refractivity contribution in [2.24, 2.45) is 0 Å². The largest absolute Gasteiger partial charge is 0.351 e. The minimum Gasteiger partial charge on any atom is -0.351 e. The standard InChI is InChI=1S/C20H29N3O2/c24-19(16-23-13-5-4-10-20(23)25)21-18-9-6-12-22(15-18)14-11-17-7-2-1-3-8-17/h1-3,7-8,18H,4-6,9-16H2,(H,21,24). The maximum atomic E-state index is 12.3. The second kappa shape index (κ2) is 8.99. The third-order valence-corrected chi connectivity index (χ3v) is 5.19. The van der Waals surface area contributed by atoms with Crippen molar-refractivity contribution in [1.82, 2.24) is 15.1 Å². The van der Waals surface area contributed by atoms with Gasteiger partial charge >= 0.3 is 0 Å². The van der Waals surface area contributed by atoms with Crippen molar-refractivity contribution < 1.29 is 9.59 Å². The van der Waals surface area contributed by atoms with Crippen molar-refractivity contribution in [3.63, 3.8) is 0 Å². The number of carbonyl (C=O) groups is 2. The number of benzene rings is 1. The highest BCUT2D eigenvalue weighted by Gasteiger charge is 2.24. The summed E-state index contributed by atoms with van der Waals surface area (Å²) in [6.45, 7) is 3.98. The summed E-state index contributed by atoms with van der Waals surface area (Å²) >= 11 is 0. The van der Waals surface area contributed by atoms with Crippen molar-refractivity contribution in [2.45, 2.75) is 44.6 Å². The first-order chi connectivity index (χ1) is 12.2. The Balaban J connectivity index is 1.41. The molecule has 0 saturated carbocycles. The van der Waals surface area contributed by atoms with Gasteiger partial charge < -0.3 is 15.1 Å². The molecule has 2 fully saturated rings. The van der Waals surface area contributed by atoms with Crippen LogP contribution >= 0.6 is 0 Å². The van der Waals surface area contributed by atoms with Crippen molar-refractivity contribution in [1.29, 1.82) is 0 Å². The highest BCUT2D eigenvalue weighted by Crippen LogP contribution is 2.13. The fourth-order valence-electron chi connectivity index (χ4n) is 3.78. The van der Waals surface area contributed by atoms with Gasteiger partial charge in [-0.3, -0.25) is 9.59 Å². The Morgan fingerprint density at radius 2 is 1.96 bits per heavy atom. The average molecular weight is 343 g/mol. The van der Waals surface area contributed by atoms with E-state index in [2.05, 4.69) is 34.5 Å². The van der Waals surface area contributed by atoms with Crippen LogP contribution in [0.3, 0.4) is 0 Å². The van der Waals surface area contributed by atoms with E-state index in [4.69, 9.17) is 0 Å². The summed E-state index contributed by atoms with van der Waals surface area (Å²) in [6.07, 6.45) is 5.74. The molecule has 2 aliphatic rings. The predicted molar refractivity (Wildman–Crippen MR) is 98.2 cm³/mol. The molecule has 25 heavy (non-hydrogen) atoms. The number of likely N-dealkylation sites (tertiary alicyclic amines) is 2. The Kier molecular flexibility index (Phi) is 6.45. The molecule has 5 heteroatoms. The first kappa shape index (κ1) is 17.9. The molecule has 0 aromatic heterocycles. The molecular weight excluding hydrogens is 314 g/mol. The van der Waals surface area contributed by atoms with Crippen LogP contribution in [-0.2, 0) is 16.0 Å². The molecule has 1 N–H and O–H groups in total. The predicted octanol–water partition coefficient (Wildman–Crippen LogP) is 1.82. The normalized spacial score (nSPS) is 22.0. The SMILES string of the molecule is O=C(CN1CCCCC1=O)NC1CCCN(CCc2ccccc2)C1. The van der Waals surface area contributed by atoms with Gasteiger partial charge in [0, 0.05) is 32.1 Å². The molecule has 2 amide bonds. The molecule has 0 aliphatic carbocycles. The number of nitrogens with zero attached hydrogens (tertiary/aromatic N) is 2. The molecule has 1 atom stereocenters. The van der Waals surface area contributed by atoms with E-state index in [-0.39, 0.29) is 24.4 Å². The molecule has 5 nitrogen and oxygen atoms in total. The van der Waals surface area contributed by atoms with Crippen LogP contribution in [0.1, 0.15) is 37.7 Å². The highest BCUT2D eigenvalue weighted by atomic mass is 16.2. The van der Waals surface area contributed by atoms with Gasteiger partial charge in [0.15, 0.2) is 0 Å². The summed E-state index contributed by atoms with van der Waals surface area (Å²) < 4.78 is 0. The zero-order chi connectivity index (χ0) is 17.5. The van der Waals surface area contributed by atoms with Gasteiger partial charge in [0.2, 0.25) is 11.8 Å². The van der Waals surface area contributed by atoms with Gasteiger partial charge in [-0.25, -0.2) is 0 Å². The lowest BCUT2D eigenvalue weighted by molar-refractivity contribution is -0.138. The van der Waals surface area contributed by atoms with Gasteiger partial charge in [-0.2, -0.15) is 0 Å². The van der Waals surface area contributed by atoms with Gasteiger partial charge in [0.25, 0.3) is 0 Å². The molecule has 2 aliphatic heterocycles. The van der Waals surface area contributed by atoms with E-state index in [9.17, 15) is 9.59 Å². The van der Waals surface area contributed by atoms with Crippen LogP contribution in [-0.4, -0.2) is 60.4 Å². The van der Waals surface area contributed by atoms with Crippen LogP contribution in [0, 0.1) is 0 Å². The van der Waals surface area contributed by atoms with Crippen LogP contribution in [0.4, 0.5) is 0 Å². The second-order valence-corrected chi connectivity index (χ2v) is 7.22. The van der Waals surface area contributed by atoms with E-state index >= 15 is 0 Å². The number of amides is 2. The van der Waals surface area contributed by atoms with E-state index in [1.54, 1.807) is 4.90 Å². The molecule has 1 unspecified atom stereocenters. The van der Waals surface area contributed by atoms with E-state index < -0.39 is 0 Å². The van der Waals surface area contributed by atoms with E-state index in [0.717, 1.165) is 58.3 Å². The Morgan fingerprint density at radius 1 is 1.12 bits per heavy atom. The third-order valence-electron chi connectivity index (χ3n) is 5.19. The summed E-state index contributed by atoms with van der Waals surface area (Å²) in [7, 11) is 0. The summed E-state index contributed by atoms with van der Waals surface area (Å²) in [4.78, 5) is 28.3. The Morgan fingerprint density at radius 3 is 2.76 bits per heavy atom. The molecule has 136 valence electrons. The molecule has 0 radical (unpaired) electrons. The quantitative estimate of drug-likeness (QED) is 0.857. The smallest absolute Gasteiger partial charge is 0.239 e.